The predicted octanol–water partition coefficient (Wildman–Crippen LogP) is 1.73. The number of nitrogens with zero attached hydrogens (tertiary/aromatic N) is 4. The molecule has 1 aliphatic rings. The van der Waals surface area contributed by atoms with Crippen molar-refractivity contribution in [3.8, 4) is 0 Å². The molecule has 3 aromatic rings. The number of likely N-dealkylation sites (N-methyl/N-ethyl adjacent to an activating group) is 1. The van der Waals surface area contributed by atoms with Crippen molar-refractivity contribution in [2.75, 3.05) is 26.0 Å². The summed E-state index contributed by atoms with van der Waals surface area (Å²) in [7, 11) is -0.357. The first kappa shape index (κ1) is 16.9. The molecule has 1 aliphatic heterocycles. The highest BCUT2D eigenvalue weighted by molar-refractivity contribution is 7.91. The van der Waals surface area contributed by atoms with Crippen LogP contribution in [0.5, 0.6) is 0 Å². The highest BCUT2D eigenvalue weighted by Crippen LogP contribution is 2.32. The standard InChI is InChI=1S/C17H18FN5O2S/c1-19-16-15(26(24,25)13-5-3-4-12(18)8-13)17-20-9-11-10-22(2)7-6-14(11)23(17)21-16/h3-5,8-9H,6-7,10H2,1-2H3,(H,19,21). The lowest BCUT2D eigenvalue weighted by Gasteiger charge is -2.24. The van der Waals surface area contributed by atoms with E-state index in [1.807, 2.05) is 7.05 Å². The van der Waals surface area contributed by atoms with E-state index in [0.29, 0.717) is 0 Å². The second kappa shape index (κ2) is 6.03. The number of rotatable bonds is 3. The lowest BCUT2D eigenvalue weighted by molar-refractivity contribution is 0.307. The molecule has 0 atom stereocenters. The van der Waals surface area contributed by atoms with E-state index in [1.165, 1.54) is 18.2 Å². The van der Waals surface area contributed by atoms with E-state index in [-0.39, 0.29) is 21.3 Å². The van der Waals surface area contributed by atoms with Gasteiger partial charge in [-0.1, -0.05) is 6.07 Å². The zero-order chi connectivity index (χ0) is 18.5. The lowest BCUT2D eigenvalue weighted by Crippen LogP contribution is -2.28. The maximum absolute atomic E-state index is 13.6. The summed E-state index contributed by atoms with van der Waals surface area (Å²) in [4.78, 5) is 6.39. The van der Waals surface area contributed by atoms with E-state index in [2.05, 4.69) is 20.3 Å². The number of nitrogens with one attached hydrogen (secondary N) is 1. The van der Waals surface area contributed by atoms with Crippen LogP contribution in [-0.4, -0.2) is 48.6 Å². The van der Waals surface area contributed by atoms with Gasteiger partial charge in [-0.25, -0.2) is 22.3 Å². The first-order valence-electron chi connectivity index (χ1n) is 8.18. The summed E-state index contributed by atoms with van der Waals surface area (Å²) in [6.45, 7) is 1.59. The molecule has 3 heterocycles. The Kier molecular flexibility index (Phi) is 3.92. The number of hydrogen-bond acceptors (Lipinski definition) is 6. The topological polar surface area (TPSA) is 79.6 Å². The van der Waals surface area contributed by atoms with Crippen molar-refractivity contribution >= 4 is 21.3 Å². The molecule has 4 rings (SSSR count). The normalized spacial score (nSPS) is 15.2. The Hall–Kier alpha value is -2.52. The molecule has 26 heavy (non-hydrogen) atoms. The largest absolute Gasteiger partial charge is 0.370 e. The Bertz CT molecular complexity index is 1110. The SMILES string of the molecule is CNc1nn2c3c(cnc2c1S(=O)(=O)c1cccc(F)c1)CN(C)CC3. The molecule has 0 spiro atoms. The van der Waals surface area contributed by atoms with Crippen LogP contribution in [-0.2, 0) is 22.8 Å². The molecule has 1 N–H and O–H groups in total. The van der Waals surface area contributed by atoms with Gasteiger partial charge in [-0.3, -0.25) is 0 Å². The molecular formula is C17H18FN5O2S. The fourth-order valence-electron chi connectivity index (χ4n) is 3.27. The van der Waals surface area contributed by atoms with Crippen LogP contribution in [0.4, 0.5) is 10.2 Å². The highest BCUT2D eigenvalue weighted by atomic mass is 32.2. The molecule has 0 unspecified atom stereocenters. The van der Waals surface area contributed by atoms with Gasteiger partial charge in [0.05, 0.1) is 10.6 Å². The zero-order valence-electron chi connectivity index (χ0n) is 14.4. The van der Waals surface area contributed by atoms with Gasteiger partial charge in [0, 0.05) is 38.3 Å². The van der Waals surface area contributed by atoms with Crippen LogP contribution in [0, 0.1) is 5.82 Å². The molecule has 0 radical (unpaired) electrons. The van der Waals surface area contributed by atoms with Crippen molar-refractivity contribution in [1.29, 1.82) is 0 Å². The minimum absolute atomic E-state index is 0.0349. The van der Waals surface area contributed by atoms with Crippen molar-refractivity contribution in [3.63, 3.8) is 0 Å². The van der Waals surface area contributed by atoms with Crippen molar-refractivity contribution in [3.05, 3.63) is 47.5 Å². The average molecular weight is 375 g/mol. The maximum Gasteiger partial charge on any atom is 0.214 e. The van der Waals surface area contributed by atoms with Crippen molar-refractivity contribution in [2.45, 2.75) is 22.8 Å². The number of sulfone groups is 1. The van der Waals surface area contributed by atoms with Gasteiger partial charge in [0.15, 0.2) is 16.4 Å². The maximum atomic E-state index is 13.6. The van der Waals surface area contributed by atoms with Crippen molar-refractivity contribution in [1.82, 2.24) is 19.5 Å². The van der Waals surface area contributed by atoms with Gasteiger partial charge in [0.25, 0.3) is 0 Å². The fourth-order valence-corrected chi connectivity index (χ4v) is 4.81. The predicted molar refractivity (Wildman–Crippen MR) is 94.4 cm³/mol. The second-order valence-electron chi connectivity index (χ2n) is 6.34. The molecule has 9 heteroatoms. The zero-order valence-corrected chi connectivity index (χ0v) is 15.2. The summed E-state index contributed by atoms with van der Waals surface area (Å²) in [5.74, 6) is -0.406. The first-order valence-corrected chi connectivity index (χ1v) is 9.66. The third-order valence-corrected chi connectivity index (χ3v) is 6.36. The number of fused-ring (bicyclic) bond motifs is 3. The van der Waals surface area contributed by atoms with Crippen LogP contribution in [0.2, 0.25) is 0 Å². The monoisotopic (exact) mass is 375 g/mol. The van der Waals surface area contributed by atoms with Gasteiger partial charge in [-0.15, -0.1) is 5.10 Å². The van der Waals surface area contributed by atoms with E-state index in [9.17, 15) is 12.8 Å². The minimum Gasteiger partial charge on any atom is -0.370 e. The quantitative estimate of drug-likeness (QED) is 0.751. The molecule has 7 nitrogen and oxygen atoms in total. The van der Waals surface area contributed by atoms with E-state index < -0.39 is 15.7 Å². The second-order valence-corrected chi connectivity index (χ2v) is 8.23. The van der Waals surface area contributed by atoms with Crippen molar-refractivity contribution in [2.24, 2.45) is 0 Å². The smallest absolute Gasteiger partial charge is 0.214 e. The average Bonchev–Trinajstić information content (AvgIpc) is 3.01. The first-order chi connectivity index (χ1) is 12.4. The molecule has 0 fully saturated rings. The molecule has 0 amide bonds. The van der Waals surface area contributed by atoms with Gasteiger partial charge in [-0.05, 0) is 25.2 Å². The number of benzene rings is 1. The molecule has 136 valence electrons. The number of hydrogen-bond donors (Lipinski definition) is 1. The summed E-state index contributed by atoms with van der Waals surface area (Å²) < 4.78 is 41.5. The summed E-state index contributed by atoms with van der Waals surface area (Å²) in [5.41, 5.74) is 2.22. The summed E-state index contributed by atoms with van der Waals surface area (Å²) in [5, 5.41) is 7.27. The van der Waals surface area contributed by atoms with Crippen LogP contribution in [0.25, 0.3) is 5.65 Å². The molecule has 1 aromatic carbocycles. The van der Waals surface area contributed by atoms with E-state index in [4.69, 9.17) is 0 Å². The summed E-state index contributed by atoms with van der Waals surface area (Å²) in [6, 6.07) is 4.96. The Balaban J connectivity index is 1.98. The Morgan fingerprint density at radius 3 is 2.85 bits per heavy atom. The minimum atomic E-state index is -3.98. The fraction of sp³-hybridized carbons (Fsp3) is 0.294. The van der Waals surface area contributed by atoms with Crippen LogP contribution in [0.1, 0.15) is 11.3 Å². The number of anilines is 1. The Labute approximate surface area is 150 Å². The Morgan fingerprint density at radius 1 is 1.31 bits per heavy atom. The summed E-state index contributed by atoms with van der Waals surface area (Å²) >= 11 is 0. The van der Waals surface area contributed by atoms with Crippen molar-refractivity contribution < 1.29 is 12.8 Å². The van der Waals surface area contributed by atoms with Crippen LogP contribution >= 0.6 is 0 Å². The van der Waals surface area contributed by atoms with E-state index in [1.54, 1.807) is 17.8 Å². The molecule has 2 aromatic heterocycles. The number of aromatic nitrogens is 3. The molecule has 0 saturated carbocycles. The van der Waals surface area contributed by atoms with Gasteiger partial charge >= 0.3 is 0 Å². The number of halogens is 1. The molecule has 0 aliphatic carbocycles. The highest BCUT2D eigenvalue weighted by Gasteiger charge is 2.30. The molecular weight excluding hydrogens is 357 g/mol. The van der Waals surface area contributed by atoms with Gasteiger partial charge in [-0.2, -0.15) is 0 Å². The van der Waals surface area contributed by atoms with Crippen LogP contribution in [0.15, 0.2) is 40.3 Å². The Morgan fingerprint density at radius 2 is 2.12 bits per heavy atom. The van der Waals surface area contributed by atoms with Crippen LogP contribution < -0.4 is 5.32 Å². The van der Waals surface area contributed by atoms with Crippen LogP contribution in [0.3, 0.4) is 0 Å². The van der Waals surface area contributed by atoms with E-state index in [0.717, 1.165) is 36.8 Å². The molecule has 0 saturated heterocycles. The van der Waals surface area contributed by atoms with Gasteiger partial charge in [0.1, 0.15) is 5.82 Å². The third-order valence-electron chi connectivity index (χ3n) is 4.57. The lowest BCUT2D eigenvalue weighted by atomic mass is 10.1. The van der Waals surface area contributed by atoms with Gasteiger partial charge < -0.3 is 10.2 Å². The summed E-state index contributed by atoms with van der Waals surface area (Å²) in [6.07, 6.45) is 2.45. The molecule has 0 bridgehead atoms. The van der Waals surface area contributed by atoms with E-state index >= 15 is 0 Å². The third kappa shape index (κ3) is 2.55. The van der Waals surface area contributed by atoms with Gasteiger partial charge in [0.2, 0.25) is 9.84 Å².